The van der Waals surface area contributed by atoms with Crippen molar-refractivity contribution in [1.29, 1.82) is 0 Å². The van der Waals surface area contributed by atoms with E-state index in [9.17, 15) is 9.18 Å². The predicted molar refractivity (Wildman–Crippen MR) is 67.6 cm³/mol. The molecule has 1 aromatic carbocycles. The first-order valence-corrected chi connectivity index (χ1v) is 5.74. The minimum absolute atomic E-state index is 0.0730. The van der Waals surface area contributed by atoms with Crippen LogP contribution in [0.4, 0.5) is 14.9 Å². The number of carbonyl (C=O) groups is 1. The molecule has 17 heavy (non-hydrogen) atoms. The molecule has 0 bridgehead atoms. The van der Waals surface area contributed by atoms with Gasteiger partial charge in [0.25, 0.3) is 0 Å². The Morgan fingerprint density at radius 2 is 1.94 bits per heavy atom. The lowest BCUT2D eigenvalue weighted by atomic mass is 10.1. The number of nitrogens with one attached hydrogen (secondary N) is 2. The Bertz CT molecular complexity index is 404. The number of aryl methyl sites for hydroxylation is 1. The average molecular weight is 238 g/mol. The Labute approximate surface area is 101 Å². The van der Waals surface area contributed by atoms with E-state index in [-0.39, 0.29) is 17.9 Å². The Morgan fingerprint density at radius 1 is 1.29 bits per heavy atom. The van der Waals surface area contributed by atoms with Crippen molar-refractivity contribution in [2.24, 2.45) is 5.92 Å². The summed E-state index contributed by atoms with van der Waals surface area (Å²) in [6, 6.07) is 4.09. The van der Waals surface area contributed by atoms with Gasteiger partial charge in [0, 0.05) is 11.7 Å². The van der Waals surface area contributed by atoms with E-state index in [0.29, 0.717) is 11.6 Å². The molecule has 94 valence electrons. The standard InChI is InChI=1S/C13H19FN2O/c1-8(2)10(4)15-13(17)16-12-7-11(14)6-5-9(12)3/h5-8,10H,1-4H3,(H2,15,16,17)/t10-/m0/s1. The summed E-state index contributed by atoms with van der Waals surface area (Å²) in [5.41, 5.74) is 1.33. The highest BCUT2D eigenvalue weighted by Gasteiger charge is 2.11. The van der Waals surface area contributed by atoms with Crippen LogP contribution < -0.4 is 10.6 Å². The highest BCUT2D eigenvalue weighted by molar-refractivity contribution is 5.90. The van der Waals surface area contributed by atoms with Gasteiger partial charge in [-0.3, -0.25) is 0 Å². The van der Waals surface area contributed by atoms with Crippen LogP contribution in [0.15, 0.2) is 18.2 Å². The van der Waals surface area contributed by atoms with Crippen LogP contribution >= 0.6 is 0 Å². The van der Waals surface area contributed by atoms with Crippen LogP contribution in [-0.4, -0.2) is 12.1 Å². The maximum Gasteiger partial charge on any atom is 0.319 e. The number of urea groups is 1. The van der Waals surface area contributed by atoms with Crippen molar-refractivity contribution in [3.05, 3.63) is 29.6 Å². The van der Waals surface area contributed by atoms with Gasteiger partial charge in [-0.25, -0.2) is 9.18 Å². The lowest BCUT2D eigenvalue weighted by molar-refractivity contribution is 0.246. The van der Waals surface area contributed by atoms with Gasteiger partial charge in [-0.2, -0.15) is 0 Å². The maximum atomic E-state index is 13.0. The molecule has 0 fully saturated rings. The van der Waals surface area contributed by atoms with Gasteiger partial charge in [0.15, 0.2) is 0 Å². The van der Waals surface area contributed by atoms with Crippen molar-refractivity contribution in [3.8, 4) is 0 Å². The highest BCUT2D eigenvalue weighted by Crippen LogP contribution is 2.15. The minimum atomic E-state index is -0.359. The van der Waals surface area contributed by atoms with E-state index < -0.39 is 0 Å². The highest BCUT2D eigenvalue weighted by atomic mass is 19.1. The molecule has 2 N–H and O–H groups in total. The first kappa shape index (κ1) is 13.5. The molecule has 0 saturated carbocycles. The molecule has 0 saturated heterocycles. The molecule has 0 aliphatic heterocycles. The van der Waals surface area contributed by atoms with Crippen molar-refractivity contribution < 1.29 is 9.18 Å². The molecule has 0 unspecified atom stereocenters. The third kappa shape index (κ3) is 4.06. The van der Waals surface area contributed by atoms with Crippen molar-refractivity contribution in [2.75, 3.05) is 5.32 Å². The predicted octanol–water partition coefficient (Wildman–Crippen LogP) is 3.30. The lowest BCUT2D eigenvalue weighted by Gasteiger charge is -2.18. The van der Waals surface area contributed by atoms with E-state index in [1.165, 1.54) is 12.1 Å². The second kappa shape index (κ2) is 5.66. The molecule has 0 aliphatic rings. The number of rotatable bonds is 3. The van der Waals surface area contributed by atoms with E-state index in [1.54, 1.807) is 6.07 Å². The molecule has 0 radical (unpaired) electrons. The Hall–Kier alpha value is -1.58. The summed E-state index contributed by atoms with van der Waals surface area (Å²) >= 11 is 0. The third-order valence-corrected chi connectivity index (χ3v) is 2.81. The van der Waals surface area contributed by atoms with Crippen molar-refractivity contribution in [1.82, 2.24) is 5.32 Å². The monoisotopic (exact) mass is 238 g/mol. The second-order valence-electron chi connectivity index (χ2n) is 4.59. The van der Waals surface area contributed by atoms with Gasteiger partial charge in [0.1, 0.15) is 5.82 Å². The number of amides is 2. The van der Waals surface area contributed by atoms with Gasteiger partial charge in [-0.15, -0.1) is 0 Å². The number of hydrogen-bond acceptors (Lipinski definition) is 1. The molecule has 1 aromatic rings. The first-order chi connectivity index (χ1) is 7.90. The zero-order valence-corrected chi connectivity index (χ0v) is 10.7. The molecule has 4 heteroatoms. The summed E-state index contributed by atoms with van der Waals surface area (Å²) in [6.45, 7) is 7.81. The summed E-state index contributed by atoms with van der Waals surface area (Å²) in [5, 5.41) is 5.45. The average Bonchev–Trinajstić information content (AvgIpc) is 2.23. The van der Waals surface area contributed by atoms with Crippen LogP contribution in [0, 0.1) is 18.7 Å². The van der Waals surface area contributed by atoms with Crippen LogP contribution in [0.3, 0.4) is 0 Å². The van der Waals surface area contributed by atoms with Crippen LogP contribution in [0.5, 0.6) is 0 Å². The van der Waals surface area contributed by atoms with Gasteiger partial charge in [0.05, 0.1) is 0 Å². The van der Waals surface area contributed by atoms with E-state index in [4.69, 9.17) is 0 Å². The molecule has 0 aliphatic carbocycles. The van der Waals surface area contributed by atoms with Gasteiger partial charge < -0.3 is 10.6 Å². The summed E-state index contributed by atoms with van der Waals surface area (Å²) in [7, 11) is 0. The molecule has 3 nitrogen and oxygen atoms in total. The summed E-state index contributed by atoms with van der Waals surface area (Å²) in [4.78, 5) is 11.6. The smallest absolute Gasteiger partial charge is 0.319 e. The molecule has 2 amide bonds. The number of carbonyl (C=O) groups excluding carboxylic acids is 1. The molecular formula is C13H19FN2O. The molecular weight excluding hydrogens is 219 g/mol. The lowest BCUT2D eigenvalue weighted by Crippen LogP contribution is -2.39. The van der Waals surface area contributed by atoms with Gasteiger partial charge >= 0.3 is 6.03 Å². The topological polar surface area (TPSA) is 41.1 Å². The summed E-state index contributed by atoms with van der Waals surface area (Å²) < 4.78 is 13.0. The van der Waals surface area contributed by atoms with Crippen molar-refractivity contribution in [2.45, 2.75) is 33.7 Å². The fraction of sp³-hybridized carbons (Fsp3) is 0.462. The number of hydrogen-bond donors (Lipinski definition) is 2. The molecule has 1 rings (SSSR count). The van der Waals surface area contributed by atoms with Gasteiger partial charge in [0.2, 0.25) is 0 Å². The Morgan fingerprint density at radius 3 is 2.53 bits per heavy atom. The van der Waals surface area contributed by atoms with Crippen molar-refractivity contribution >= 4 is 11.7 Å². The largest absolute Gasteiger partial charge is 0.335 e. The quantitative estimate of drug-likeness (QED) is 0.833. The maximum absolute atomic E-state index is 13.0. The van der Waals surface area contributed by atoms with Crippen molar-refractivity contribution in [3.63, 3.8) is 0 Å². The summed E-state index contributed by atoms with van der Waals surface area (Å²) in [6.07, 6.45) is 0. The minimum Gasteiger partial charge on any atom is -0.335 e. The van der Waals surface area contributed by atoms with Crippen LogP contribution in [-0.2, 0) is 0 Å². The Balaban J connectivity index is 2.65. The fourth-order valence-electron chi connectivity index (χ4n) is 1.26. The number of benzene rings is 1. The molecule has 0 heterocycles. The Kier molecular flexibility index (Phi) is 4.49. The van der Waals surface area contributed by atoms with E-state index >= 15 is 0 Å². The zero-order chi connectivity index (χ0) is 13.0. The number of anilines is 1. The molecule has 0 spiro atoms. The SMILES string of the molecule is Cc1ccc(F)cc1NC(=O)N[C@@H](C)C(C)C. The van der Waals surface area contributed by atoms with Gasteiger partial charge in [-0.05, 0) is 37.5 Å². The zero-order valence-electron chi connectivity index (χ0n) is 10.7. The second-order valence-corrected chi connectivity index (χ2v) is 4.59. The van der Waals surface area contributed by atoms with Crippen LogP contribution in [0.1, 0.15) is 26.3 Å². The summed E-state index contributed by atoms with van der Waals surface area (Å²) in [5.74, 6) is -0.00263. The van der Waals surface area contributed by atoms with Crippen LogP contribution in [0.2, 0.25) is 0 Å². The van der Waals surface area contributed by atoms with E-state index in [2.05, 4.69) is 10.6 Å². The van der Waals surface area contributed by atoms with Crippen LogP contribution in [0.25, 0.3) is 0 Å². The van der Waals surface area contributed by atoms with Gasteiger partial charge in [-0.1, -0.05) is 19.9 Å². The third-order valence-electron chi connectivity index (χ3n) is 2.81. The normalized spacial score (nSPS) is 12.4. The fourth-order valence-corrected chi connectivity index (χ4v) is 1.26. The van der Waals surface area contributed by atoms with E-state index in [0.717, 1.165) is 5.56 Å². The molecule has 0 aromatic heterocycles. The molecule has 1 atom stereocenters. The van der Waals surface area contributed by atoms with E-state index in [1.807, 2.05) is 27.7 Å². The first-order valence-electron chi connectivity index (χ1n) is 5.74. The number of halogens is 1.